The first-order chi connectivity index (χ1) is 9.11. The molecular formula is C15H20N2O2. The Kier molecular flexibility index (Phi) is 4.22. The summed E-state index contributed by atoms with van der Waals surface area (Å²) < 4.78 is 5.12. The molecule has 0 saturated carbocycles. The van der Waals surface area contributed by atoms with Crippen molar-refractivity contribution in [3.05, 3.63) is 41.0 Å². The number of benzene rings is 1. The van der Waals surface area contributed by atoms with E-state index in [2.05, 4.69) is 5.32 Å². The predicted octanol–water partition coefficient (Wildman–Crippen LogP) is 1.57. The van der Waals surface area contributed by atoms with Crippen molar-refractivity contribution in [1.29, 1.82) is 0 Å². The molecule has 1 amide bonds. The lowest BCUT2D eigenvalue weighted by Gasteiger charge is -2.24. The van der Waals surface area contributed by atoms with Crippen LogP contribution in [-0.4, -0.2) is 38.1 Å². The zero-order valence-electron chi connectivity index (χ0n) is 11.7. The number of ether oxygens (including phenoxy) is 1. The Balaban J connectivity index is 1.99. The summed E-state index contributed by atoms with van der Waals surface area (Å²) >= 11 is 0. The third-order valence-corrected chi connectivity index (χ3v) is 3.45. The van der Waals surface area contributed by atoms with Gasteiger partial charge in [-0.15, -0.1) is 0 Å². The monoisotopic (exact) mass is 260 g/mol. The quantitative estimate of drug-likeness (QED) is 0.836. The fourth-order valence-electron chi connectivity index (χ4n) is 2.03. The smallest absolute Gasteiger partial charge is 0.249 e. The molecule has 0 bridgehead atoms. The molecule has 1 heterocycles. The zero-order valence-corrected chi connectivity index (χ0v) is 11.7. The molecule has 1 saturated heterocycles. The maximum Gasteiger partial charge on any atom is 0.249 e. The van der Waals surface area contributed by atoms with E-state index in [1.165, 1.54) is 5.57 Å². The lowest BCUT2D eigenvalue weighted by atomic mass is 10.0. The lowest BCUT2D eigenvalue weighted by Crippen LogP contribution is -2.38. The maximum atomic E-state index is 12.2. The normalized spacial score (nSPS) is 13.7. The molecule has 19 heavy (non-hydrogen) atoms. The fourth-order valence-corrected chi connectivity index (χ4v) is 2.03. The number of likely N-dealkylation sites (N-methyl/N-ethyl adjacent to an activating group) is 1. The Morgan fingerprint density at radius 3 is 2.42 bits per heavy atom. The van der Waals surface area contributed by atoms with Gasteiger partial charge in [0.1, 0.15) is 5.75 Å². The second-order valence-corrected chi connectivity index (χ2v) is 4.84. The first kappa shape index (κ1) is 13.6. The van der Waals surface area contributed by atoms with E-state index in [1.807, 2.05) is 38.2 Å². The number of methoxy groups -OCH3 is 1. The van der Waals surface area contributed by atoms with Crippen LogP contribution in [0.2, 0.25) is 0 Å². The molecule has 1 N–H and O–H groups in total. The topological polar surface area (TPSA) is 41.6 Å². The second-order valence-electron chi connectivity index (χ2n) is 4.84. The average Bonchev–Trinajstić information content (AvgIpc) is 2.36. The molecular weight excluding hydrogens is 240 g/mol. The van der Waals surface area contributed by atoms with E-state index in [0.717, 1.165) is 30.0 Å². The third-order valence-electron chi connectivity index (χ3n) is 3.45. The Bertz CT molecular complexity index is 485. The molecule has 0 spiro atoms. The third kappa shape index (κ3) is 3.15. The van der Waals surface area contributed by atoms with Crippen molar-refractivity contribution >= 4 is 5.91 Å². The molecule has 4 nitrogen and oxygen atoms in total. The van der Waals surface area contributed by atoms with Crippen molar-refractivity contribution in [2.45, 2.75) is 13.5 Å². The van der Waals surface area contributed by atoms with Crippen LogP contribution < -0.4 is 10.1 Å². The van der Waals surface area contributed by atoms with Crippen LogP contribution in [0, 0.1) is 0 Å². The van der Waals surface area contributed by atoms with E-state index in [4.69, 9.17) is 4.74 Å². The first-order valence-corrected chi connectivity index (χ1v) is 6.39. The van der Waals surface area contributed by atoms with Crippen LogP contribution in [-0.2, 0) is 11.3 Å². The number of hydrogen-bond donors (Lipinski definition) is 1. The zero-order chi connectivity index (χ0) is 13.8. The summed E-state index contributed by atoms with van der Waals surface area (Å²) in [4.78, 5) is 14.0. The minimum Gasteiger partial charge on any atom is -0.497 e. The van der Waals surface area contributed by atoms with Crippen LogP contribution in [0.15, 0.2) is 35.4 Å². The SMILES string of the molecule is COc1ccc(CN(C)C(=O)C(C)=C2CNC2)cc1. The van der Waals surface area contributed by atoms with Crippen LogP contribution >= 0.6 is 0 Å². The molecule has 0 atom stereocenters. The highest BCUT2D eigenvalue weighted by molar-refractivity contribution is 5.93. The molecule has 2 rings (SSSR count). The lowest BCUT2D eigenvalue weighted by molar-refractivity contribution is -0.126. The summed E-state index contributed by atoms with van der Waals surface area (Å²) in [6.07, 6.45) is 0. The molecule has 1 aromatic carbocycles. The predicted molar refractivity (Wildman–Crippen MR) is 75.0 cm³/mol. The van der Waals surface area contributed by atoms with Gasteiger partial charge in [-0.05, 0) is 30.2 Å². The van der Waals surface area contributed by atoms with Crippen LogP contribution in [0.5, 0.6) is 5.75 Å². The van der Waals surface area contributed by atoms with Crippen molar-refractivity contribution in [3.8, 4) is 5.75 Å². The minimum atomic E-state index is 0.104. The standard InChI is InChI=1S/C15H20N2O2/c1-11(13-8-16-9-13)15(18)17(2)10-12-4-6-14(19-3)7-5-12/h4-7,16H,8-10H2,1-3H3. The van der Waals surface area contributed by atoms with Gasteiger partial charge in [-0.2, -0.15) is 0 Å². The molecule has 4 heteroatoms. The van der Waals surface area contributed by atoms with Crippen molar-refractivity contribution in [1.82, 2.24) is 10.2 Å². The van der Waals surface area contributed by atoms with E-state index in [-0.39, 0.29) is 5.91 Å². The van der Waals surface area contributed by atoms with Crippen LogP contribution in [0.4, 0.5) is 0 Å². The number of nitrogens with one attached hydrogen (secondary N) is 1. The molecule has 0 unspecified atom stereocenters. The molecule has 1 aromatic rings. The van der Waals surface area contributed by atoms with Crippen molar-refractivity contribution in [2.24, 2.45) is 0 Å². The summed E-state index contributed by atoms with van der Waals surface area (Å²) in [6.45, 7) is 4.20. The average molecular weight is 260 g/mol. The van der Waals surface area contributed by atoms with E-state index in [0.29, 0.717) is 6.54 Å². The largest absolute Gasteiger partial charge is 0.497 e. The van der Waals surface area contributed by atoms with Gasteiger partial charge < -0.3 is 15.0 Å². The highest BCUT2D eigenvalue weighted by Gasteiger charge is 2.18. The number of carbonyl (C=O) groups excluding carboxylic acids is 1. The van der Waals surface area contributed by atoms with Crippen LogP contribution in [0.3, 0.4) is 0 Å². The summed E-state index contributed by atoms with van der Waals surface area (Å²) in [5, 5.41) is 3.16. The van der Waals surface area contributed by atoms with Crippen molar-refractivity contribution in [3.63, 3.8) is 0 Å². The van der Waals surface area contributed by atoms with Crippen molar-refractivity contribution < 1.29 is 9.53 Å². The molecule has 0 aromatic heterocycles. The summed E-state index contributed by atoms with van der Waals surface area (Å²) in [5.41, 5.74) is 3.18. The number of carbonyl (C=O) groups is 1. The minimum absolute atomic E-state index is 0.104. The van der Waals surface area contributed by atoms with Crippen LogP contribution in [0.1, 0.15) is 12.5 Å². The van der Waals surface area contributed by atoms with Gasteiger partial charge in [-0.25, -0.2) is 0 Å². The highest BCUT2D eigenvalue weighted by atomic mass is 16.5. The van der Waals surface area contributed by atoms with Gasteiger partial charge in [0.15, 0.2) is 0 Å². The number of amides is 1. The van der Waals surface area contributed by atoms with Gasteiger partial charge in [0.2, 0.25) is 5.91 Å². The van der Waals surface area contributed by atoms with E-state index in [9.17, 15) is 4.79 Å². The number of nitrogens with zero attached hydrogens (tertiary/aromatic N) is 1. The molecule has 1 aliphatic heterocycles. The first-order valence-electron chi connectivity index (χ1n) is 6.39. The summed E-state index contributed by atoms with van der Waals surface area (Å²) in [7, 11) is 3.48. The number of hydrogen-bond acceptors (Lipinski definition) is 3. The van der Waals surface area contributed by atoms with Gasteiger partial charge >= 0.3 is 0 Å². The molecule has 0 aliphatic carbocycles. The molecule has 102 valence electrons. The van der Waals surface area contributed by atoms with Gasteiger partial charge in [-0.3, -0.25) is 4.79 Å². The van der Waals surface area contributed by atoms with E-state index in [1.54, 1.807) is 12.0 Å². The van der Waals surface area contributed by atoms with E-state index < -0.39 is 0 Å². The maximum absolute atomic E-state index is 12.2. The Morgan fingerprint density at radius 1 is 1.32 bits per heavy atom. The fraction of sp³-hybridized carbons (Fsp3) is 0.400. The molecule has 1 aliphatic rings. The van der Waals surface area contributed by atoms with Gasteiger partial charge in [0.05, 0.1) is 7.11 Å². The molecule has 0 radical (unpaired) electrons. The van der Waals surface area contributed by atoms with E-state index >= 15 is 0 Å². The van der Waals surface area contributed by atoms with Gasteiger partial charge in [0.25, 0.3) is 0 Å². The Morgan fingerprint density at radius 2 is 1.95 bits per heavy atom. The Labute approximate surface area is 114 Å². The van der Waals surface area contributed by atoms with Crippen LogP contribution in [0.25, 0.3) is 0 Å². The summed E-state index contributed by atoms with van der Waals surface area (Å²) in [5.74, 6) is 0.934. The van der Waals surface area contributed by atoms with Gasteiger partial charge in [-0.1, -0.05) is 12.1 Å². The molecule has 1 fully saturated rings. The Hall–Kier alpha value is -1.81. The summed E-state index contributed by atoms with van der Waals surface area (Å²) in [6, 6.07) is 7.79. The van der Waals surface area contributed by atoms with Crippen molar-refractivity contribution in [2.75, 3.05) is 27.2 Å². The highest BCUT2D eigenvalue weighted by Crippen LogP contribution is 2.15. The number of rotatable bonds is 4. The second kappa shape index (κ2) is 5.89. The van der Waals surface area contributed by atoms with Gasteiger partial charge in [0, 0.05) is 32.3 Å².